The van der Waals surface area contributed by atoms with E-state index in [0.29, 0.717) is 6.54 Å². The second-order valence-electron chi connectivity index (χ2n) is 4.32. The molecule has 0 radical (unpaired) electrons. The van der Waals surface area contributed by atoms with Crippen LogP contribution in [-0.4, -0.2) is 22.6 Å². The SMILES string of the molecule is CC(C)(C)c1nnsc1CNCC(F)F. The van der Waals surface area contributed by atoms with E-state index in [2.05, 4.69) is 14.9 Å². The standard InChI is InChI=1S/C9H15F2N3S/c1-9(2,3)8-6(15-14-13-8)4-12-5-7(10)11/h7,12H,4-5H2,1-3H3. The fourth-order valence-electron chi connectivity index (χ4n) is 1.19. The van der Waals surface area contributed by atoms with E-state index in [-0.39, 0.29) is 12.0 Å². The lowest BCUT2D eigenvalue weighted by molar-refractivity contribution is 0.145. The minimum absolute atomic E-state index is 0.0884. The summed E-state index contributed by atoms with van der Waals surface area (Å²) in [4.78, 5) is 0.933. The molecule has 0 aliphatic heterocycles. The first kappa shape index (κ1) is 12.4. The van der Waals surface area contributed by atoms with Crippen molar-refractivity contribution < 1.29 is 8.78 Å². The zero-order chi connectivity index (χ0) is 11.5. The van der Waals surface area contributed by atoms with Gasteiger partial charge in [-0.1, -0.05) is 25.3 Å². The predicted molar refractivity (Wildman–Crippen MR) is 56.3 cm³/mol. The summed E-state index contributed by atoms with van der Waals surface area (Å²) in [5.41, 5.74) is 0.795. The van der Waals surface area contributed by atoms with Gasteiger partial charge in [-0.25, -0.2) is 8.78 Å². The van der Waals surface area contributed by atoms with Gasteiger partial charge in [-0.05, 0) is 11.5 Å². The molecule has 0 spiro atoms. The average Bonchev–Trinajstić information content (AvgIpc) is 2.50. The maximum Gasteiger partial charge on any atom is 0.250 e. The highest BCUT2D eigenvalue weighted by atomic mass is 32.1. The second-order valence-corrected chi connectivity index (χ2v) is 5.16. The molecule has 0 saturated heterocycles. The van der Waals surface area contributed by atoms with Crippen LogP contribution in [0.2, 0.25) is 0 Å². The lowest BCUT2D eigenvalue weighted by Crippen LogP contribution is -2.22. The summed E-state index contributed by atoms with van der Waals surface area (Å²) < 4.78 is 27.7. The third-order valence-corrected chi connectivity index (χ3v) is 2.57. The van der Waals surface area contributed by atoms with E-state index < -0.39 is 6.43 Å². The van der Waals surface area contributed by atoms with Gasteiger partial charge in [0.2, 0.25) is 0 Å². The Morgan fingerprint density at radius 2 is 2.07 bits per heavy atom. The highest BCUT2D eigenvalue weighted by Gasteiger charge is 2.21. The molecule has 0 amide bonds. The molecule has 0 saturated carbocycles. The molecule has 86 valence electrons. The number of aromatic nitrogens is 2. The predicted octanol–water partition coefficient (Wildman–Crippen LogP) is 2.19. The molecule has 1 aromatic heterocycles. The van der Waals surface area contributed by atoms with Crippen molar-refractivity contribution in [3.05, 3.63) is 10.6 Å². The number of halogens is 2. The Bertz CT molecular complexity index is 307. The van der Waals surface area contributed by atoms with Crippen LogP contribution >= 0.6 is 11.5 Å². The monoisotopic (exact) mass is 235 g/mol. The van der Waals surface area contributed by atoms with Crippen molar-refractivity contribution in [2.24, 2.45) is 0 Å². The summed E-state index contributed by atoms with van der Waals surface area (Å²) in [6.07, 6.45) is -2.32. The summed E-state index contributed by atoms with van der Waals surface area (Å²) in [5, 5.41) is 6.71. The van der Waals surface area contributed by atoms with E-state index >= 15 is 0 Å². The number of hydrogen-bond acceptors (Lipinski definition) is 4. The van der Waals surface area contributed by atoms with Crippen LogP contribution in [0.3, 0.4) is 0 Å². The zero-order valence-corrected chi connectivity index (χ0v) is 9.87. The van der Waals surface area contributed by atoms with Crippen molar-refractivity contribution in [2.75, 3.05) is 6.54 Å². The Morgan fingerprint density at radius 3 is 2.60 bits per heavy atom. The third kappa shape index (κ3) is 3.79. The second kappa shape index (κ2) is 4.94. The summed E-state index contributed by atoms with van der Waals surface area (Å²) >= 11 is 1.26. The van der Waals surface area contributed by atoms with Gasteiger partial charge >= 0.3 is 0 Å². The molecular formula is C9H15F2N3S. The topological polar surface area (TPSA) is 37.8 Å². The fraction of sp³-hybridized carbons (Fsp3) is 0.778. The minimum Gasteiger partial charge on any atom is -0.306 e. The lowest BCUT2D eigenvalue weighted by atomic mass is 9.91. The van der Waals surface area contributed by atoms with E-state index in [4.69, 9.17) is 0 Å². The van der Waals surface area contributed by atoms with E-state index in [1.165, 1.54) is 11.5 Å². The molecule has 1 N–H and O–H groups in total. The van der Waals surface area contributed by atoms with Crippen LogP contribution in [-0.2, 0) is 12.0 Å². The van der Waals surface area contributed by atoms with Gasteiger partial charge in [0.25, 0.3) is 6.43 Å². The number of nitrogens with one attached hydrogen (secondary N) is 1. The molecule has 0 unspecified atom stereocenters. The maximum absolute atomic E-state index is 11.9. The van der Waals surface area contributed by atoms with Gasteiger partial charge in [-0.2, -0.15) is 0 Å². The molecular weight excluding hydrogens is 220 g/mol. The third-order valence-electron chi connectivity index (χ3n) is 1.85. The van der Waals surface area contributed by atoms with E-state index in [1.54, 1.807) is 0 Å². The van der Waals surface area contributed by atoms with E-state index in [0.717, 1.165) is 10.6 Å². The molecule has 1 heterocycles. The van der Waals surface area contributed by atoms with Crippen molar-refractivity contribution in [1.82, 2.24) is 14.9 Å². The molecule has 3 nitrogen and oxygen atoms in total. The highest BCUT2D eigenvalue weighted by Crippen LogP contribution is 2.25. The number of rotatable bonds is 4. The molecule has 1 rings (SSSR count). The zero-order valence-electron chi connectivity index (χ0n) is 9.05. The highest BCUT2D eigenvalue weighted by molar-refractivity contribution is 7.05. The first-order chi connectivity index (χ1) is 6.91. The molecule has 15 heavy (non-hydrogen) atoms. The van der Waals surface area contributed by atoms with Crippen LogP contribution in [0.4, 0.5) is 8.78 Å². The van der Waals surface area contributed by atoms with Crippen LogP contribution in [0.5, 0.6) is 0 Å². The van der Waals surface area contributed by atoms with Gasteiger partial charge in [0, 0.05) is 12.0 Å². The Hall–Kier alpha value is -0.620. The smallest absolute Gasteiger partial charge is 0.250 e. The molecule has 0 atom stereocenters. The quantitative estimate of drug-likeness (QED) is 0.869. The Kier molecular flexibility index (Phi) is 4.10. The number of alkyl halides is 2. The number of hydrogen-bond donors (Lipinski definition) is 1. The molecule has 0 aliphatic carbocycles. The van der Waals surface area contributed by atoms with Gasteiger partial charge in [-0.3, -0.25) is 0 Å². The lowest BCUT2D eigenvalue weighted by Gasteiger charge is -2.16. The van der Waals surface area contributed by atoms with Crippen molar-refractivity contribution in [2.45, 2.75) is 39.2 Å². The van der Waals surface area contributed by atoms with E-state index in [1.807, 2.05) is 20.8 Å². The largest absolute Gasteiger partial charge is 0.306 e. The first-order valence-corrected chi connectivity index (χ1v) is 5.49. The van der Waals surface area contributed by atoms with Gasteiger partial charge < -0.3 is 5.32 Å². The van der Waals surface area contributed by atoms with Crippen LogP contribution in [0.1, 0.15) is 31.3 Å². The number of nitrogens with zero attached hydrogens (tertiary/aromatic N) is 2. The van der Waals surface area contributed by atoms with Crippen molar-refractivity contribution in [1.29, 1.82) is 0 Å². The van der Waals surface area contributed by atoms with Crippen molar-refractivity contribution in [3.63, 3.8) is 0 Å². The van der Waals surface area contributed by atoms with Crippen molar-refractivity contribution >= 4 is 11.5 Å². The van der Waals surface area contributed by atoms with Crippen LogP contribution in [0, 0.1) is 0 Å². The van der Waals surface area contributed by atoms with Gasteiger partial charge in [0.05, 0.1) is 17.1 Å². The molecule has 0 fully saturated rings. The van der Waals surface area contributed by atoms with Crippen LogP contribution < -0.4 is 5.32 Å². The maximum atomic E-state index is 11.9. The average molecular weight is 235 g/mol. The van der Waals surface area contributed by atoms with Crippen LogP contribution in [0.25, 0.3) is 0 Å². The summed E-state index contributed by atoms with van der Waals surface area (Å²) in [6.45, 7) is 6.21. The van der Waals surface area contributed by atoms with Crippen LogP contribution in [0.15, 0.2) is 0 Å². The van der Waals surface area contributed by atoms with Crippen molar-refractivity contribution in [3.8, 4) is 0 Å². The van der Waals surface area contributed by atoms with Gasteiger partial charge in [-0.15, -0.1) is 5.10 Å². The Morgan fingerprint density at radius 1 is 1.40 bits per heavy atom. The van der Waals surface area contributed by atoms with Gasteiger partial charge in [0.1, 0.15) is 0 Å². The first-order valence-electron chi connectivity index (χ1n) is 4.72. The Labute approximate surface area is 92.1 Å². The summed E-state index contributed by atoms with van der Waals surface area (Å²) in [5.74, 6) is 0. The summed E-state index contributed by atoms with van der Waals surface area (Å²) in [7, 11) is 0. The molecule has 6 heteroatoms. The molecule has 0 bridgehead atoms. The van der Waals surface area contributed by atoms with Gasteiger partial charge in [0.15, 0.2) is 0 Å². The Balaban J connectivity index is 2.58. The fourth-order valence-corrected chi connectivity index (χ4v) is 2.01. The minimum atomic E-state index is -2.32. The molecule has 0 aromatic carbocycles. The van der Waals surface area contributed by atoms with E-state index in [9.17, 15) is 8.78 Å². The normalized spacial score (nSPS) is 12.4. The summed E-state index contributed by atoms with van der Waals surface area (Å²) in [6, 6.07) is 0. The molecule has 0 aliphatic rings. The molecule has 1 aromatic rings.